The van der Waals surface area contributed by atoms with Gasteiger partial charge in [0.15, 0.2) is 0 Å². The highest BCUT2D eigenvalue weighted by molar-refractivity contribution is 5.93. The third kappa shape index (κ3) is 4.84. The number of aromatic nitrogens is 2. The second kappa shape index (κ2) is 8.26. The Balaban J connectivity index is 2.15. The van der Waals surface area contributed by atoms with E-state index in [-0.39, 0.29) is 29.1 Å². The molecule has 0 spiro atoms. The maximum Gasteiger partial charge on any atom is 0.416 e. The minimum absolute atomic E-state index is 0.0780. The third-order valence-electron chi connectivity index (χ3n) is 5.14. The number of alkyl halides is 3. The molecule has 0 atom stereocenters. The summed E-state index contributed by atoms with van der Waals surface area (Å²) in [5.41, 5.74) is -2.43. The first kappa shape index (κ1) is 22.7. The number of imidazole rings is 1. The second-order valence-electron chi connectivity index (χ2n) is 7.26. The van der Waals surface area contributed by atoms with Gasteiger partial charge in [-0.1, -0.05) is 13.8 Å². The number of halogens is 5. The van der Waals surface area contributed by atoms with E-state index in [1.54, 1.807) is 13.8 Å². The van der Waals surface area contributed by atoms with Crippen molar-refractivity contribution in [3.05, 3.63) is 53.6 Å². The summed E-state index contributed by atoms with van der Waals surface area (Å²) in [6, 6.07) is 5.15. The summed E-state index contributed by atoms with van der Waals surface area (Å²) in [6.45, 7) is 3.42. The van der Waals surface area contributed by atoms with Crippen LogP contribution < -0.4 is 5.32 Å². The molecule has 3 aromatic rings. The topological polar surface area (TPSA) is 67.2 Å². The lowest BCUT2D eigenvalue weighted by atomic mass is 9.93. The van der Waals surface area contributed by atoms with Crippen molar-refractivity contribution < 1.29 is 31.9 Å². The SMILES string of the molecule is CCC(O)(CC)CC(=O)Nc1nc2ccc(C(F)(F)F)cc2n1-c1cc(F)cc(F)c1. The van der Waals surface area contributed by atoms with Gasteiger partial charge in [0.05, 0.1) is 34.3 Å². The van der Waals surface area contributed by atoms with Crippen LogP contribution in [0.15, 0.2) is 36.4 Å². The normalized spacial score (nSPS) is 12.4. The monoisotopic (exact) mass is 441 g/mol. The lowest BCUT2D eigenvalue weighted by Crippen LogP contribution is -2.33. The van der Waals surface area contributed by atoms with Crippen LogP contribution >= 0.6 is 0 Å². The summed E-state index contributed by atoms with van der Waals surface area (Å²) in [4.78, 5) is 16.6. The van der Waals surface area contributed by atoms with Crippen LogP contribution in [0.4, 0.5) is 27.9 Å². The van der Waals surface area contributed by atoms with E-state index in [9.17, 15) is 31.9 Å². The lowest BCUT2D eigenvalue weighted by Gasteiger charge is -2.24. The Bertz CT molecular complexity index is 1100. The largest absolute Gasteiger partial charge is 0.416 e. The molecule has 31 heavy (non-hydrogen) atoms. The molecule has 1 aromatic heterocycles. The molecule has 0 aliphatic rings. The fourth-order valence-corrected chi connectivity index (χ4v) is 3.23. The number of fused-ring (bicyclic) bond motifs is 1. The summed E-state index contributed by atoms with van der Waals surface area (Å²) < 4.78 is 68.3. The van der Waals surface area contributed by atoms with Crippen LogP contribution in [0.25, 0.3) is 16.7 Å². The van der Waals surface area contributed by atoms with Crippen molar-refractivity contribution in [2.45, 2.75) is 44.9 Å². The molecule has 0 saturated carbocycles. The zero-order chi connectivity index (χ0) is 23.0. The molecule has 1 heterocycles. The molecule has 5 nitrogen and oxygen atoms in total. The van der Waals surface area contributed by atoms with Crippen molar-refractivity contribution in [2.24, 2.45) is 0 Å². The predicted molar refractivity (Wildman–Crippen MR) is 105 cm³/mol. The molecule has 0 radical (unpaired) electrons. The van der Waals surface area contributed by atoms with E-state index in [1.165, 1.54) is 0 Å². The number of benzene rings is 2. The van der Waals surface area contributed by atoms with Gasteiger partial charge < -0.3 is 5.11 Å². The molecule has 0 aliphatic carbocycles. The number of rotatable bonds is 6. The van der Waals surface area contributed by atoms with Gasteiger partial charge in [-0.25, -0.2) is 13.8 Å². The van der Waals surface area contributed by atoms with E-state index >= 15 is 0 Å². The molecule has 0 bridgehead atoms. The fraction of sp³-hybridized carbons (Fsp3) is 0.333. The van der Waals surface area contributed by atoms with Crippen molar-refractivity contribution >= 4 is 22.9 Å². The maximum absolute atomic E-state index is 13.8. The number of carbonyl (C=O) groups excluding carboxylic acids is 1. The molecule has 0 saturated heterocycles. The van der Waals surface area contributed by atoms with E-state index in [0.29, 0.717) is 18.9 Å². The van der Waals surface area contributed by atoms with E-state index in [0.717, 1.165) is 34.9 Å². The quantitative estimate of drug-likeness (QED) is 0.517. The van der Waals surface area contributed by atoms with Crippen molar-refractivity contribution in [1.82, 2.24) is 9.55 Å². The van der Waals surface area contributed by atoms with Gasteiger partial charge in [-0.05, 0) is 43.2 Å². The molecular weight excluding hydrogens is 421 g/mol. The van der Waals surface area contributed by atoms with Crippen LogP contribution in [0.3, 0.4) is 0 Å². The minimum Gasteiger partial charge on any atom is -0.389 e. The number of nitrogens with one attached hydrogen (secondary N) is 1. The summed E-state index contributed by atoms with van der Waals surface area (Å²) in [5.74, 6) is -2.77. The van der Waals surface area contributed by atoms with Crippen molar-refractivity contribution in [3.8, 4) is 5.69 Å². The van der Waals surface area contributed by atoms with Gasteiger partial charge in [0.1, 0.15) is 11.6 Å². The molecule has 3 rings (SSSR count). The average Bonchev–Trinajstić information content (AvgIpc) is 3.03. The highest BCUT2D eigenvalue weighted by Crippen LogP contribution is 2.34. The first-order valence-corrected chi connectivity index (χ1v) is 9.54. The Morgan fingerprint density at radius 1 is 1.06 bits per heavy atom. The minimum atomic E-state index is -4.65. The van der Waals surface area contributed by atoms with Crippen LogP contribution in [0, 0.1) is 11.6 Å². The van der Waals surface area contributed by atoms with E-state index in [4.69, 9.17) is 0 Å². The standard InChI is InChI=1S/C21H20F5N3O2/c1-3-20(31,4-2)11-18(30)28-19-27-16-6-5-12(21(24,25)26)7-17(16)29(19)15-9-13(22)8-14(23)10-15/h5-10,31H,3-4,11H2,1-2H3,(H,27,28,30). The molecule has 0 fully saturated rings. The Hall–Kier alpha value is -3.01. The van der Waals surface area contributed by atoms with Crippen LogP contribution in [-0.2, 0) is 11.0 Å². The van der Waals surface area contributed by atoms with Crippen LogP contribution in [0.1, 0.15) is 38.7 Å². The lowest BCUT2D eigenvalue weighted by molar-refractivity contribution is -0.137. The highest BCUT2D eigenvalue weighted by Gasteiger charge is 2.32. The molecule has 2 aromatic carbocycles. The Labute approximate surface area is 174 Å². The third-order valence-corrected chi connectivity index (χ3v) is 5.14. The molecule has 166 valence electrons. The number of anilines is 1. The molecule has 2 N–H and O–H groups in total. The molecule has 10 heteroatoms. The van der Waals surface area contributed by atoms with Gasteiger partial charge in [0.25, 0.3) is 0 Å². The van der Waals surface area contributed by atoms with Crippen LogP contribution in [-0.4, -0.2) is 26.2 Å². The van der Waals surface area contributed by atoms with Gasteiger partial charge >= 0.3 is 6.18 Å². The average molecular weight is 441 g/mol. The van der Waals surface area contributed by atoms with Gasteiger partial charge in [-0.15, -0.1) is 0 Å². The van der Waals surface area contributed by atoms with Gasteiger partial charge in [-0.2, -0.15) is 13.2 Å². The molecular formula is C21H20F5N3O2. The molecule has 1 amide bonds. The number of hydrogen-bond acceptors (Lipinski definition) is 3. The fourth-order valence-electron chi connectivity index (χ4n) is 3.23. The van der Waals surface area contributed by atoms with Crippen LogP contribution in [0.5, 0.6) is 0 Å². The van der Waals surface area contributed by atoms with Crippen molar-refractivity contribution in [1.29, 1.82) is 0 Å². The van der Waals surface area contributed by atoms with Crippen molar-refractivity contribution in [3.63, 3.8) is 0 Å². The van der Waals surface area contributed by atoms with Gasteiger partial charge in [0.2, 0.25) is 11.9 Å². The Morgan fingerprint density at radius 2 is 1.68 bits per heavy atom. The number of nitrogens with zero attached hydrogens (tertiary/aromatic N) is 2. The van der Waals surface area contributed by atoms with Gasteiger partial charge in [0, 0.05) is 6.07 Å². The maximum atomic E-state index is 13.8. The zero-order valence-electron chi connectivity index (χ0n) is 16.7. The molecule has 0 aliphatic heterocycles. The zero-order valence-corrected chi connectivity index (χ0v) is 16.7. The van der Waals surface area contributed by atoms with E-state index in [1.807, 2.05) is 0 Å². The summed E-state index contributed by atoms with van der Waals surface area (Å²) >= 11 is 0. The van der Waals surface area contributed by atoms with Gasteiger partial charge in [-0.3, -0.25) is 14.7 Å². The first-order chi connectivity index (χ1) is 14.5. The summed E-state index contributed by atoms with van der Waals surface area (Å²) in [7, 11) is 0. The van der Waals surface area contributed by atoms with E-state index in [2.05, 4.69) is 10.3 Å². The summed E-state index contributed by atoms with van der Waals surface area (Å²) in [6.07, 6.45) is -4.33. The predicted octanol–water partition coefficient (Wildman–Crippen LogP) is 5.20. The Kier molecular flexibility index (Phi) is 6.04. The number of carbonyl (C=O) groups is 1. The van der Waals surface area contributed by atoms with Crippen molar-refractivity contribution in [2.75, 3.05) is 5.32 Å². The number of amides is 1. The smallest absolute Gasteiger partial charge is 0.389 e. The van der Waals surface area contributed by atoms with E-state index < -0.39 is 34.9 Å². The Morgan fingerprint density at radius 3 is 2.23 bits per heavy atom. The first-order valence-electron chi connectivity index (χ1n) is 9.54. The number of aliphatic hydroxyl groups is 1. The van der Waals surface area contributed by atoms with Crippen LogP contribution in [0.2, 0.25) is 0 Å². The second-order valence-corrected chi connectivity index (χ2v) is 7.26. The number of hydrogen-bond donors (Lipinski definition) is 2. The molecule has 0 unspecified atom stereocenters. The highest BCUT2D eigenvalue weighted by atomic mass is 19.4. The summed E-state index contributed by atoms with van der Waals surface area (Å²) in [5, 5.41) is 12.8.